The molecule has 6 aromatic rings. The predicted molar refractivity (Wildman–Crippen MR) is 366 cm³/mol. The maximum absolute atomic E-state index is 15.6. The minimum absolute atomic E-state index is 0.0430. The van der Waals surface area contributed by atoms with Gasteiger partial charge in [-0.1, -0.05) is 93.5 Å². The van der Waals surface area contributed by atoms with Crippen molar-refractivity contribution in [3.05, 3.63) is 137 Å². The lowest BCUT2D eigenvalue weighted by molar-refractivity contribution is -0.346. The summed E-state index contributed by atoms with van der Waals surface area (Å²) in [6, 6.07) is 24.7. The SMILES string of the molecule is CC(=O)O[C@@]12CO[C@@H]1C[C@H](O)[C@@]1(C)C(=O)[C@H](O)C3=C(C)[C@@H](OC(=O)[C@H](OC(=O)C4CCN(c5ncnc(N6CCN(Cc7ccc(-n8c(O)nnc8-c8cc(C(C)C)c(O)cc8O)cc7)CC6)n5)CC4)[C@@H](NC(=O)OC(C)(C)C)c4ccccc4)CC(O)([C@@H](OC(=O)c4ccccc4)C12)C3(C)C. The first-order valence-corrected chi connectivity index (χ1v) is 34.4. The summed E-state index contributed by atoms with van der Waals surface area (Å²) in [5.41, 5.74) is -6.35. The monoisotopic (exact) mass is 1400 g/mol. The van der Waals surface area contributed by atoms with Gasteiger partial charge < -0.3 is 74.2 Å². The number of hydrogen-bond donors (Lipinski definition) is 7. The van der Waals surface area contributed by atoms with E-state index in [0.717, 1.165) is 12.5 Å². The minimum atomic E-state index is -2.47. The number of nitrogens with zero attached hydrogens (tertiary/aromatic N) is 9. The summed E-state index contributed by atoms with van der Waals surface area (Å²) in [4.78, 5) is 108. The first kappa shape index (κ1) is 72.2. The highest BCUT2D eigenvalue weighted by atomic mass is 16.6. The molecule has 2 unspecified atom stereocenters. The zero-order valence-corrected chi connectivity index (χ0v) is 58.7. The van der Waals surface area contributed by atoms with Crippen molar-refractivity contribution < 1.29 is 87.8 Å². The van der Waals surface area contributed by atoms with Crippen LogP contribution in [0.2, 0.25) is 0 Å². The lowest BCUT2D eigenvalue weighted by atomic mass is 9.44. The Balaban J connectivity index is 0.768. The highest BCUT2D eigenvalue weighted by Crippen LogP contribution is 2.64. The van der Waals surface area contributed by atoms with Crippen LogP contribution in [-0.4, -0.2) is 200 Å². The Morgan fingerprint density at radius 1 is 0.804 bits per heavy atom. The zero-order valence-electron chi connectivity index (χ0n) is 58.7. The van der Waals surface area contributed by atoms with Crippen LogP contribution in [0.25, 0.3) is 17.1 Å². The van der Waals surface area contributed by atoms with E-state index in [-0.39, 0.29) is 84.9 Å². The summed E-state index contributed by atoms with van der Waals surface area (Å²) in [6.45, 7) is 19.3. The van der Waals surface area contributed by atoms with Gasteiger partial charge in [0, 0.05) is 77.1 Å². The van der Waals surface area contributed by atoms with Crippen molar-refractivity contribution in [2.24, 2.45) is 22.7 Å². The number of aliphatic hydroxyl groups is 3. The fourth-order valence-corrected chi connectivity index (χ4v) is 15.8. The average molecular weight is 1410 g/mol. The van der Waals surface area contributed by atoms with Crippen LogP contribution >= 0.6 is 0 Å². The molecule has 11 atom stereocenters. The highest BCUT2D eigenvalue weighted by molar-refractivity contribution is 5.94. The third-order valence-electron chi connectivity index (χ3n) is 21.4. The molecule has 2 bridgehead atoms. The molecular formula is C74H88N10O18. The number of aliphatic hydroxyl groups excluding tert-OH is 2. The van der Waals surface area contributed by atoms with Gasteiger partial charge in [0.15, 0.2) is 17.2 Å². The number of carbonyl (C=O) groups excluding carboxylic acids is 6. The van der Waals surface area contributed by atoms with E-state index < -0.39 is 124 Å². The number of anilines is 2. The molecule has 7 N–H and O–H groups in total. The Labute approximate surface area is 589 Å². The Bertz CT molecular complexity index is 4190. The maximum Gasteiger partial charge on any atom is 0.408 e. The number of phenolic OH excluding ortho intramolecular Hbond substituents is 2. The van der Waals surface area contributed by atoms with Crippen molar-refractivity contribution in [1.82, 2.24) is 39.9 Å². The molecule has 0 radical (unpaired) electrons. The van der Waals surface area contributed by atoms with Crippen molar-refractivity contribution >= 4 is 47.7 Å². The van der Waals surface area contributed by atoms with E-state index in [0.29, 0.717) is 67.0 Å². The number of piperazine rings is 1. The standard InChI is InChI=1S/C74H88N10O18/c1-40(2)48-33-49(51(87)34-50(48)86)62-79-80-68(94)84(62)47-23-21-43(22-24-47)37-81-29-31-83(32-30-81)67-76-39-75-66(78-67)82-27-25-46(26-28-82)63(91)99-58(56(44-17-13-11-14-18-44)77-69(95)102-70(5,6)7)65(93)98-52-36-74(96)61(100-64(92)45-19-15-12-16-20-45)59-72(10,60(90)57(89)55(41(52)3)71(74,8)9)53(88)35-54-73(59,38-97-54)101-42(4)85/h11-24,33-34,39-40,46,52-54,56-59,61,86-89,96H,25-32,35-38H2,1-10H3,(H,77,95)(H,80,94)/t52-,53-,54+,56-,57+,58+,59?,61-,72+,73-,74?/m0/s1. The molecule has 4 aromatic carbocycles. The van der Waals surface area contributed by atoms with Crippen molar-refractivity contribution in [3.8, 4) is 34.6 Å². The van der Waals surface area contributed by atoms with Crippen LogP contribution in [0, 0.1) is 22.7 Å². The fraction of sp³-hybridized carbons (Fsp3) is 0.500. The quantitative estimate of drug-likeness (QED) is 0.0283. The molecule has 102 heavy (non-hydrogen) atoms. The number of carbonyl (C=O) groups is 6. The van der Waals surface area contributed by atoms with E-state index in [1.165, 1.54) is 42.9 Å². The number of benzene rings is 4. The maximum atomic E-state index is 15.6. The minimum Gasteiger partial charge on any atom is -0.508 e. The summed E-state index contributed by atoms with van der Waals surface area (Å²) < 4.78 is 38.6. The Kier molecular flexibility index (Phi) is 19.8. The van der Waals surface area contributed by atoms with Gasteiger partial charge in [-0.2, -0.15) is 4.98 Å². The summed E-state index contributed by atoms with van der Waals surface area (Å²) in [5.74, 6) is -6.43. The molecule has 5 heterocycles. The molecule has 542 valence electrons. The Morgan fingerprint density at radius 2 is 1.44 bits per heavy atom. The van der Waals surface area contributed by atoms with Crippen LogP contribution in [0.1, 0.15) is 134 Å². The van der Waals surface area contributed by atoms with Gasteiger partial charge in [-0.25, -0.2) is 28.9 Å². The number of fused-ring (bicyclic) bond motifs is 5. The highest BCUT2D eigenvalue weighted by Gasteiger charge is 2.78. The van der Waals surface area contributed by atoms with Gasteiger partial charge in [-0.05, 0) is 112 Å². The van der Waals surface area contributed by atoms with Gasteiger partial charge >= 0.3 is 36.0 Å². The smallest absolute Gasteiger partial charge is 0.408 e. The molecule has 2 saturated carbocycles. The van der Waals surface area contributed by atoms with Crippen LogP contribution in [0.4, 0.5) is 16.7 Å². The number of piperidine rings is 1. The number of Topliss-reactive ketones (excluding diaryl/α,β-unsaturated/α-hetero) is 1. The molecular weight excluding hydrogens is 1320 g/mol. The van der Waals surface area contributed by atoms with E-state index in [9.17, 15) is 49.8 Å². The first-order valence-electron chi connectivity index (χ1n) is 34.4. The van der Waals surface area contributed by atoms with Gasteiger partial charge in [-0.15, -0.1) is 5.10 Å². The normalized spacial score (nSPS) is 26.4. The largest absolute Gasteiger partial charge is 0.508 e. The van der Waals surface area contributed by atoms with Crippen LogP contribution in [0.15, 0.2) is 115 Å². The van der Waals surface area contributed by atoms with E-state index in [1.807, 2.05) is 43.0 Å². The van der Waals surface area contributed by atoms with Gasteiger partial charge in [-0.3, -0.25) is 19.3 Å². The number of aromatic hydroxyl groups is 3. The van der Waals surface area contributed by atoms with E-state index in [2.05, 4.69) is 35.3 Å². The van der Waals surface area contributed by atoms with Gasteiger partial charge in [0.2, 0.25) is 18.0 Å². The zero-order chi connectivity index (χ0) is 73.1. The molecule has 5 fully saturated rings. The van der Waals surface area contributed by atoms with Crippen LogP contribution < -0.4 is 15.1 Å². The van der Waals surface area contributed by atoms with E-state index in [1.54, 1.807) is 89.2 Å². The molecule has 2 aromatic heterocycles. The predicted octanol–water partition coefficient (Wildman–Crippen LogP) is 6.72. The molecule has 0 spiro atoms. The number of nitrogens with one attached hydrogen (secondary N) is 1. The Hall–Kier alpha value is -9.61. The fourth-order valence-electron chi connectivity index (χ4n) is 15.8. The average Bonchev–Trinajstić information content (AvgIpc) is 0.706. The number of amides is 1. The Morgan fingerprint density at radius 3 is 2.05 bits per heavy atom. The number of phenols is 2. The summed E-state index contributed by atoms with van der Waals surface area (Å²) >= 11 is 0. The second-order valence-electron chi connectivity index (χ2n) is 29.5. The lowest BCUT2D eigenvalue weighted by Gasteiger charge is -2.67. The van der Waals surface area contributed by atoms with E-state index >= 15 is 9.59 Å². The second kappa shape index (κ2) is 28.0. The number of rotatable bonds is 17. The third-order valence-corrected chi connectivity index (χ3v) is 21.4. The van der Waals surface area contributed by atoms with Crippen molar-refractivity contribution in [3.63, 3.8) is 0 Å². The summed E-state index contributed by atoms with van der Waals surface area (Å²) in [6.07, 6.45) is -10.2. The van der Waals surface area contributed by atoms with Gasteiger partial charge in [0.25, 0.3) is 0 Å². The van der Waals surface area contributed by atoms with Crippen LogP contribution in [-0.2, 0) is 54.1 Å². The second-order valence-corrected chi connectivity index (χ2v) is 29.5. The number of ketones is 1. The molecule has 28 nitrogen and oxygen atoms in total. The van der Waals surface area contributed by atoms with Gasteiger partial charge in [0.05, 0.1) is 46.8 Å². The molecule has 6 aliphatic rings. The lowest BCUT2D eigenvalue weighted by Crippen LogP contribution is -2.81. The topological polar surface area (TPSA) is 370 Å². The van der Waals surface area contributed by atoms with Crippen LogP contribution in [0.5, 0.6) is 17.5 Å². The number of ether oxygens (including phenoxy) is 6. The molecule has 28 heteroatoms. The number of alkyl carbamates (subject to hydrolysis) is 1. The molecule has 1 amide bonds. The number of aromatic nitrogens is 6. The van der Waals surface area contributed by atoms with Gasteiger partial charge in [0.1, 0.15) is 59.5 Å². The van der Waals surface area contributed by atoms with Crippen molar-refractivity contribution in [2.75, 3.05) is 55.7 Å². The molecule has 3 saturated heterocycles. The van der Waals surface area contributed by atoms with E-state index in [4.69, 9.17) is 33.4 Å². The molecule has 3 aliphatic carbocycles. The first-order chi connectivity index (χ1) is 48.3. The van der Waals surface area contributed by atoms with Crippen LogP contribution in [0.3, 0.4) is 0 Å². The van der Waals surface area contributed by atoms with Crippen molar-refractivity contribution in [2.45, 2.75) is 167 Å². The number of hydrogen-bond acceptors (Lipinski definition) is 26. The molecule has 12 rings (SSSR count). The molecule has 3 aliphatic heterocycles. The number of esters is 4. The summed E-state index contributed by atoms with van der Waals surface area (Å²) in [5, 5.41) is 81.8. The summed E-state index contributed by atoms with van der Waals surface area (Å²) in [7, 11) is 0. The third kappa shape index (κ3) is 13.5. The van der Waals surface area contributed by atoms with Crippen molar-refractivity contribution in [1.29, 1.82) is 0 Å².